The maximum absolute atomic E-state index is 13.3. The molecule has 4 amide bonds. The Morgan fingerprint density at radius 2 is 1.79 bits per heavy atom. The molecule has 1 fully saturated rings. The van der Waals surface area contributed by atoms with Gasteiger partial charge in [-0.15, -0.1) is 0 Å². The maximum atomic E-state index is 13.3. The van der Waals surface area contributed by atoms with Gasteiger partial charge in [0.05, 0.1) is 19.1 Å². The summed E-state index contributed by atoms with van der Waals surface area (Å²) in [5.74, 6) is -3.38. The number of aliphatic imine (C=N–C) groups is 1. The van der Waals surface area contributed by atoms with E-state index in [4.69, 9.17) is 9.47 Å². The molecule has 52 heavy (non-hydrogen) atoms. The summed E-state index contributed by atoms with van der Waals surface area (Å²) in [7, 11) is 1.33. The molecule has 1 saturated heterocycles. The largest absolute Gasteiger partial charge is 0.507 e. The van der Waals surface area contributed by atoms with E-state index in [2.05, 4.69) is 20.4 Å². The van der Waals surface area contributed by atoms with Crippen LogP contribution < -0.4 is 10.6 Å². The van der Waals surface area contributed by atoms with Crippen LogP contribution in [-0.2, 0) is 43.0 Å². The SMILES string of the molecule is COC(=O)CCCCCCC(=O)N(O)CCCCC(NC(=O)C1COC(c2ccccc2O)=N1)C(=O)OC(C)CC(=O)NC1CCCCN(O)C1=O. The Balaban J connectivity index is 1.54. The van der Waals surface area contributed by atoms with Crippen molar-refractivity contribution in [3.63, 3.8) is 0 Å². The highest BCUT2D eigenvalue weighted by molar-refractivity contribution is 6.00. The molecule has 4 atom stereocenters. The highest BCUT2D eigenvalue weighted by Gasteiger charge is 2.33. The number of esters is 2. The summed E-state index contributed by atoms with van der Waals surface area (Å²) in [4.78, 5) is 79.4. The first kappa shape index (κ1) is 41.6. The number of rotatable bonds is 20. The summed E-state index contributed by atoms with van der Waals surface area (Å²) in [6.07, 6.45) is 4.12. The summed E-state index contributed by atoms with van der Waals surface area (Å²) in [6, 6.07) is 3.23. The number of nitrogens with one attached hydrogen (secondary N) is 2. The lowest BCUT2D eigenvalue weighted by atomic mass is 10.1. The summed E-state index contributed by atoms with van der Waals surface area (Å²) in [5.41, 5.74) is 0.305. The highest BCUT2D eigenvalue weighted by atomic mass is 16.5. The molecule has 0 spiro atoms. The maximum Gasteiger partial charge on any atom is 0.328 e. The average Bonchev–Trinajstić information content (AvgIpc) is 3.56. The lowest BCUT2D eigenvalue weighted by Gasteiger charge is -2.23. The number of amides is 4. The summed E-state index contributed by atoms with van der Waals surface area (Å²) < 4.78 is 15.7. The van der Waals surface area contributed by atoms with E-state index in [-0.39, 0.29) is 56.6 Å². The van der Waals surface area contributed by atoms with Gasteiger partial charge in [0.15, 0.2) is 6.04 Å². The number of methoxy groups -OCH3 is 1. The standard InChI is InChI=1S/C35H51N5O12/c1-23(21-29(42)36-25-14-9-12-20-40(49)34(25)46)52-35(47)26(37-32(45)27-22-51-33(38-27)24-13-7-8-16-28(24)41)15-10-11-19-39(48)30(43)17-5-3-4-6-18-31(44)50-2/h7-8,13,16,23,25-27,41,48-49H,3-6,9-12,14-15,17-22H2,1-2H3,(H,36,42)(H,37,45). The van der Waals surface area contributed by atoms with Crippen LogP contribution in [0.15, 0.2) is 29.3 Å². The first-order chi connectivity index (χ1) is 24.9. The molecular formula is C35H51N5O12. The molecule has 2 aliphatic heterocycles. The third-order valence-electron chi connectivity index (χ3n) is 8.63. The smallest absolute Gasteiger partial charge is 0.328 e. The van der Waals surface area contributed by atoms with E-state index < -0.39 is 53.8 Å². The van der Waals surface area contributed by atoms with Crippen molar-refractivity contribution >= 4 is 41.5 Å². The van der Waals surface area contributed by atoms with Crippen molar-refractivity contribution in [1.82, 2.24) is 20.8 Å². The Morgan fingerprint density at radius 1 is 1.06 bits per heavy atom. The lowest BCUT2D eigenvalue weighted by Crippen LogP contribution is -2.48. The number of para-hydroxylation sites is 1. The zero-order valence-electron chi connectivity index (χ0n) is 29.8. The van der Waals surface area contributed by atoms with Gasteiger partial charge in [0.2, 0.25) is 23.6 Å². The van der Waals surface area contributed by atoms with Crippen LogP contribution >= 0.6 is 0 Å². The van der Waals surface area contributed by atoms with Gasteiger partial charge in [-0.2, -0.15) is 0 Å². The quantitative estimate of drug-likeness (QED) is 0.0561. The Bertz CT molecular complexity index is 1420. The molecule has 2 heterocycles. The van der Waals surface area contributed by atoms with Crippen LogP contribution in [-0.4, -0.2) is 118 Å². The zero-order valence-corrected chi connectivity index (χ0v) is 29.8. The van der Waals surface area contributed by atoms with Gasteiger partial charge in [-0.3, -0.25) is 34.4 Å². The van der Waals surface area contributed by atoms with Gasteiger partial charge in [0.1, 0.15) is 30.5 Å². The van der Waals surface area contributed by atoms with Crippen LogP contribution in [0.1, 0.15) is 96.0 Å². The third-order valence-corrected chi connectivity index (χ3v) is 8.63. The highest BCUT2D eigenvalue weighted by Crippen LogP contribution is 2.21. The number of benzene rings is 1. The van der Waals surface area contributed by atoms with Crippen LogP contribution in [0.25, 0.3) is 0 Å². The van der Waals surface area contributed by atoms with Gasteiger partial charge in [0.25, 0.3) is 5.91 Å². The van der Waals surface area contributed by atoms with E-state index in [9.17, 15) is 44.3 Å². The fourth-order valence-corrected chi connectivity index (χ4v) is 5.69. The van der Waals surface area contributed by atoms with E-state index in [1.54, 1.807) is 18.2 Å². The number of nitrogens with zero attached hydrogens (tertiary/aromatic N) is 3. The molecule has 1 aromatic carbocycles. The first-order valence-electron chi connectivity index (χ1n) is 17.7. The van der Waals surface area contributed by atoms with Crippen molar-refractivity contribution in [3.05, 3.63) is 29.8 Å². The van der Waals surface area contributed by atoms with Crippen LogP contribution in [0.2, 0.25) is 0 Å². The number of carbonyl (C=O) groups excluding carboxylic acids is 6. The fraction of sp³-hybridized carbons (Fsp3) is 0.629. The second kappa shape index (κ2) is 21.6. The van der Waals surface area contributed by atoms with Crippen molar-refractivity contribution in [2.24, 2.45) is 4.99 Å². The molecule has 17 heteroatoms. The molecule has 4 unspecified atom stereocenters. The van der Waals surface area contributed by atoms with Crippen LogP contribution in [0.4, 0.5) is 0 Å². The van der Waals surface area contributed by atoms with E-state index in [1.165, 1.54) is 20.1 Å². The molecule has 1 aromatic rings. The minimum atomic E-state index is -1.18. The number of hydrogen-bond acceptors (Lipinski definition) is 13. The third kappa shape index (κ3) is 13.7. The van der Waals surface area contributed by atoms with Gasteiger partial charge in [-0.25, -0.2) is 19.9 Å². The summed E-state index contributed by atoms with van der Waals surface area (Å²) in [6.45, 7) is 1.52. The number of hydrogen-bond donors (Lipinski definition) is 5. The molecule has 2 aliphatic rings. The Morgan fingerprint density at radius 3 is 2.52 bits per heavy atom. The van der Waals surface area contributed by atoms with Gasteiger partial charge in [-0.05, 0) is 70.4 Å². The van der Waals surface area contributed by atoms with Crippen LogP contribution in [0, 0.1) is 0 Å². The Labute approximate surface area is 302 Å². The molecule has 0 saturated carbocycles. The van der Waals surface area contributed by atoms with Gasteiger partial charge in [-0.1, -0.05) is 25.0 Å². The topological polar surface area (TPSA) is 234 Å². The minimum Gasteiger partial charge on any atom is -0.507 e. The van der Waals surface area contributed by atoms with Crippen molar-refractivity contribution < 1.29 is 58.5 Å². The van der Waals surface area contributed by atoms with E-state index in [1.807, 2.05) is 0 Å². The molecular weight excluding hydrogens is 682 g/mol. The van der Waals surface area contributed by atoms with Gasteiger partial charge < -0.3 is 30.0 Å². The second-order valence-electron chi connectivity index (χ2n) is 12.9. The molecule has 288 valence electrons. The van der Waals surface area contributed by atoms with E-state index in [0.717, 1.165) is 6.42 Å². The molecule has 3 rings (SSSR count). The molecule has 0 radical (unpaired) electrons. The predicted octanol–water partition coefficient (Wildman–Crippen LogP) is 2.13. The monoisotopic (exact) mass is 733 g/mol. The number of phenols is 1. The number of unbranched alkanes of at least 4 members (excludes halogenated alkanes) is 4. The number of ether oxygens (including phenoxy) is 3. The molecule has 0 aromatic heterocycles. The van der Waals surface area contributed by atoms with Crippen LogP contribution in [0.5, 0.6) is 5.75 Å². The first-order valence-corrected chi connectivity index (χ1v) is 17.7. The van der Waals surface area contributed by atoms with E-state index in [0.29, 0.717) is 73.5 Å². The molecule has 17 nitrogen and oxygen atoms in total. The molecule has 0 bridgehead atoms. The second-order valence-corrected chi connectivity index (χ2v) is 12.9. The molecule has 5 N–H and O–H groups in total. The number of carbonyl (C=O) groups is 6. The molecule has 0 aliphatic carbocycles. The van der Waals surface area contributed by atoms with Crippen molar-refractivity contribution in [2.45, 2.75) is 115 Å². The minimum absolute atomic E-state index is 0.0106. The van der Waals surface area contributed by atoms with Crippen molar-refractivity contribution in [2.75, 3.05) is 26.8 Å². The number of phenolic OH excluding ortho intramolecular Hbond substituents is 1. The van der Waals surface area contributed by atoms with Crippen molar-refractivity contribution in [1.29, 1.82) is 0 Å². The van der Waals surface area contributed by atoms with Crippen molar-refractivity contribution in [3.8, 4) is 5.75 Å². The normalized spacial score (nSPS) is 18.3. The van der Waals surface area contributed by atoms with E-state index >= 15 is 0 Å². The lowest BCUT2D eigenvalue weighted by molar-refractivity contribution is -0.167. The Kier molecular flexibility index (Phi) is 17.3. The van der Waals surface area contributed by atoms with Crippen LogP contribution in [0.3, 0.4) is 0 Å². The fourth-order valence-electron chi connectivity index (χ4n) is 5.69. The zero-order chi connectivity index (χ0) is 38.0. The summed E-state index contributed by atoms with van der Waals surface area (Å²) in [5, 5.41) is 36.6. The predicted molar refractivity (Wildman–Crippen MR) is 183 cm³/mol. The Hall–Kier alpha value is -4.77. The summed E-state index contributed by atoms with van der Waals surface area (Å²) >= 11 is 0. The number of aromatic hydroxyl groups is 1. The number of hydroxylamine groups is 4. The average molecular weight is 734 g/mol. The van der Waals surface area contributed by atoms with Gasteiger partial charge >= 0.3 is 11.9 Å². The van der Waals surface area contributed by atoms with Gasteiger partial charge in [0, 0.05) is 25.9 Å².